The van der Waals surface area contributed by atoms with E-state index in [0.717, 1.165) is 36.3 Å². The molecule has 2 aromatic carbocycles. The minimum Gasteiger partial charge on any atom is -0.491 e. The van der Waals surface area contributed by atoms with Crippen molar-refractivity contribution in [1.29, 1.82) is 0 Å². The Hall–Kier alpha value is -3.29. The highest BCUT2D eigenvalue weighted by molar-refractivity contribution is 7.80. The summed E-state index contributed by atoms with van der Waals surface area (Å²) in [6, 6.07) is 15.8. The smallest absolute Gasteiger partial charge is 0.336 e. The monoisotopic (exact) mass is 815 g/mol. The molecular formula is C35H49N3O11S4. The van der Waals surface area contributed by atoms with E-state index in [-0.39, 0.29) is 57.8 Å². The van der Waals surface area contributed by atoms with Gasteiger partial charge in [-0.2, -0.15) is 50.5 Å². The molecule has 3 aromatic rings. The van der Waals surface area contributed by atoms with Gasteiger partial charge in [0.1, 0.15) is 37.9 Å². The van der Waals surface area contributed by atoms with Gasteiger partial charge in [-0.05, 0) is 35.4 Å². The Morgan fingerprint density at radius 3 is 1.34 bits per heavy atom. The number of aliphatic hydroxyl groups excluding tert-OH is 2. The number of carbonyl (C=O) groups is 2. The number of ether oxygens (including phenoxy) is 4. The molecule has 0 saturated carbocycles. The van der Waals surface area contributed by atoms with Gasteiger partial charge in [0.25, 0.3) is 0 Å². The van der Waals surface area contributed by atoms with Crippen LogP contribution in [0.5, 0.6) is 11.5 Å². The van der Waals surface area contributed by atoms with Crippen LogP contribution in [0, 0.1) is 0 Å². The molecule has 0 bridgehead atoms. The molecule has 0 aliphatic rings. The number of aliphatic hydroxyl groups is 2. The number of thiol groups is 4. The van der Waals surface area contributed by atoms with Crippen LogP contribution in [-0.4, -0.2) is 97.5 Å². The summed E-state index contributed by atoms with van der Waals surface area (Å²) >= 11 is 15.9. The van der Waals surface area contributed by atoms with Crippen LogP contribution in [0.15, 0.2) is 62.9 Å². The molecule has 1 aromatic heterocycles. The topological polar surface area (TPSA) is 178 Å². The van der Waals surface area contributed by atoms with Crippen LogP contribution in [-0.2, 0) is 44.6 Å². The second-order valence-corrected chi connectivity index (χ2v) is 13.7. The summed E-state index contributed by atoms with van der Waals surface area (Å²) in [4.78, 5) is 59.7. The average molecular weight is 816 g/mol. The number of carbonyl (C=O) groups excluding carboxylic acids is 2. The summed E-state index contributed by atoms with van der Waals surface area (Å²) in [7, 11) is 1.20. The van der Waals surface area contributed by atoms with Crippen LogP contribution < -0.4 is 26.5 Å². The maximum absolute atomic E-state index is 12.4. The molecule has 0 fully saturated rings. The second-order valence-electron chi connectivity index (χ2n) is 12.1. The van der Waals surface area contributed by atoms with Crippen LogP contribution in [0.2, 0.25) is 0 Å². The van der Waals surface area contributed by atoms with Crippen LogP contribution in [0.3, 0.4) is 0 Å². The fourth-order valence-electron chi connectivity index (χ4n) is 4.60. The molecule has 2 N–H and O–H groups in total. The van der Waals surface area contributed by atoms with Gasteiger partial charge in [0.2, 0.25) is 0 Å². The van der Waals surface area contributed by atoms with Gasteiger partial charge in [-0.3, -0.25) is 9.59 Å². The molecule has 53 heavy (non-hydrogen) atoms. The van der Waals surface area contributed by atoms with Gasteiger partial charge in [-0.15, -0.1) is 0 Å². The van der Waals surface area contributed by atoms with Gasteiger partial charge in [0.05, 0.1) is 25.0 Å². The molecule has 0 aliphatic heterocycles. The molecule has 2 atom stereocenters. The van der Waals surface area contributed by atoms with Crippen LogP contribution in [0.4, 0.5) is 0 Å². The first-order valence-electron chi connectivity index (χ1n) is 16.7. The standard InChI is InChI=1S/C21H28O4S2.C14H21N3O7S2/c1-21(2,15-3-7-19(8-4-15)24-11-17(22)13-26)16-5-9-20(10-6-16)25-12-18(23)14-27;1-15-12(20)16(4-2-10(18)23-6-8-25)14(22)17(13(15)21)5-3-11(19)24-7-9-26/h3-10,17-18,22-23,26-27H,11-14H2,1-2H3;25-26H,2-9H2,1H3. The number of hydrogen-bond acceptors (Lipinski definition) is 15. The molecular weight excluding hydrogens is 767 g/mol. The number of esters is 2. The summed E-state index contributed by atoms with van der Waals surface area (Å²) < 4.78 is 23.0. The SMILES string of the molecule is CC(C)(c1ccc(OCC(O)CS)cc1)c1ccc(OCC(O)CS)cc1.Cn1c(=O)n(CCC(=O)OCCS)c(=O)n(CCC(=O)OCCS)c1=O. The third kappa shape index (κ3) is 14.8. The minimum absolute atomic E-state index is 0.114. The van der Waals surface area contributed by atoms with E-state index in [9.17, 15) is 34.2 Å². The first-order chi connectivity index (χ1) is 25.2. The Labute approximate surface area is 330 Å². The number of aromatic nitrogens is 3. The van der Waals surface area contributed by atoms with E-state index in [1.54, 1.807) is 0 Å². The van der Waals surface area contributed by atoms with E-state index in [4.69, 9.17) is 18.9 Å². The summed E-state index contributed by atoms with van der Waals surface area (Å²) in [5.41, 5.74) is -0.479. The van der Waals surface area contributed by atoms with E-state index in [1.165, 1.54) is 7.05 Å². The lowest BCUT2D eigenvalue weighted by Gasteiger charge is -2.26. The minimum atomic E-state index is -0.901. The van der Waals surface area contributed by atoms with Crippen molar-refractivity contribution in [3.8, 4) is 11.5 Å². The van der Waals surface area contributed by atoms with E-state index in [1.807, 2.05) is 48.5 Å². The molecule has 0 amide bonds. The lowest BCUT2D eigenvalue weighted by atomic mass is 9.78. The van der Waals surface area contributed by atoms with E-state index >= 15 is 0 Å². The molecule has 3 rings (SSSR count). The van der Waals surface area contributed by atoms with Crippen molar-refractivity contribution in [2.45, 2.75) is 57.4 Å². The zero-order valence-electron chi connectivity index (χ0n) is 30.0. The Morgan fingerprint density at radius 2 is 1.02 bits per heavy atom. The van der Waals surface area contributed by atoms with Crippen molar-refractivity contribution in [3.63, 3.8) is 0 Å². The fourth-order valence-corrected chi connectivity index (χ4v) is 4.99. The third-order valence-corrected chi connectivity index (χ3v) is 8.95. The van der Waals surface area contributed by atoms with Gasteiger partial charge < -0.3 is 29.2 Å². The number of nitrogens with zero attached hydrogens (tertiary/aromatic N) is 3. The van der Waals surface area contributed by atoms with Gasteiger partial charge >= 0.3 is 29.0 Å². The molecule has 0 radical (unpaired) electrons. The quantitative estimate of drug-likeness (QED) is 0.0725. The van der Waals surface area contributed by atoms with Gasteiger partial charge in [0.15, 0.2) is 0 Å². The van der Waals surface area contributed by atoms with E-state index < -0.39 is 41.2 Å². The highest BCUT2D eigenvalue weighted by atomic mass is 32.1. The molecule has 0 spiro atoms. The maximum Gasteiger partial charge on any atom is 0.336 e. The summed E-state index contributed by atoms with van der Waals surface area (Å²) in [6.45, 7) is 4.52. The second kappa shape index (κ2) is 23.5. The van der Waals surface area contributed by atoms with Crippen LogP contribution in [0.1, 0.15) is 37.8 Å². The van der Waals surface area contributed by atoms with Crippen LogP contribution in [0.25, 0.3) is 0 Å². The van der Waals surface area contributed by atoms with Gasteiger partial charge in [0, 0.05) is 48.6 Å². The largest absolute Gasteiger partial charge is 0.491 e. The lowest BCUT2D eigenvalue weighted by Crippen LogP contribution is -2.54. The first kappa shape index (κ1) is 45.9. The molecule has 1 heterocycles. The van der Waals surface area contributed by atoms with E-state index in [0.29, 0.717) is 23.0 Å². The molecule has 294 valence electrons. The molecule has 18 heteroatoms. The highest BCUT2D eigenvalue weighted by Gasteiger charge is 2.23. The van der Waals surface area contributed by atoms with Gasteiger partial charge in [-0.1, -0.05) is 38.1 Å². The number of rotatable bonds is 20. The highest BCUT2D eigenvalue weighted by Crippen LogP contribution is 2.33. The fraction of sp³-hybridized carbons (Fsp3) is 0.514. The van der Waals surface area contributed by atoms with Crippen molar-refractivity contribution < 1.29 is 38.7 Å². The Bertz CT molecular complexity index is 1640. The Kier molecular flexibility index (Phi) is 20.3. The number of hydrogen-bond donors (Lipinski definition) is 6. The maximum atomic E-state index is 12.4. The summed E-state index contributed by atoms with van der Waals surface area (Å²) in [5, 5.41) is 19.1. The lowest BCUT2D eigenvalue weighted by molar-refractivity contribution is -0.144. The van der Waals surface area contributed by atoms with Crippen molar-refractivity contribution in [2.75, 3.05) is 49.4 Å². The third-order valence-electron chi connectivity index (χ3n) is 7.74. The van der Waals surface area contributed by atoms with Crippen molar-refractivity contribution >= 4 is 62.5 Å². The summed E-state index contributed by atoms with van der Waals surface area (Å²) in [6.07, 6.45) is -1.57. The zero-order valence-corrected chi connectivity index (χ0v) is 33.5. The summed E-state index contributed by atoms with van der Waals surface area (Å²) in [5.74, 6) is 1.70. The number of benzene rings is 2. The van der Waals surface area contributed by atoms with Crippen molar-refractivity contribution in [1.82, 2.24) is 13.7 Å². The predicted octanol–water partition coefficient (Wildman–Crippen LogP) is 1.79. The zero-order chi connectivity index (χ0) is 39.6. The van der Waals surface area contributed by atoms with Crippen LogP contribution >= 0.6 is 50.5 Å². The molecule has 14 nitrogen and oxygen atoms in total. The molecule has 0 aliphatic carbocycles. The molecule has 0 saturated heterocycles. The average Bonchev–Trinajstić information content (AvgIpc) is 3.16. The Balaban J connectivity index is 0.000000367. The molecule has 2 unspecified atom stereocenters. The first-order valence-corrected chi connectivity index (χ1v) is 19.2. The van der Waals surface area contributed by atoms with E-state index in [2.05, 4.69) is 64.4 Å². The van der Waals surface area contributed by atoms with Gasteiger partial charge in [-0.25, -0.2) is 28.1 Å². The predicted molar refractivity (Wildman–Crippen MR) is 215 cm³/mol. The Morgan fingerprint density at radius 1 is 0.660 bits per heavy atom. The van der Waals surface area contributed by atoms with Crippen molar-refractivity contribution in [3.05, 3.63) is 91.1 Å². The normalized spacial score (nSPS) is 12.2. The van der Waals surface area contributed by atoms with Crippen molar-refractivity contribution in [2.24, 2.45) is 7.05 Å².